The van der Waals surface area contributed by atoms with E-state index in [-0.39, 0.29) is 18.2 Å². The molecule has 0 radical (unpaired) electrons. The highest BCUT2D eigenvalue weighted by Gasteiger charge is 2.25. The fraction of sp³-hybridized carbons (Fsp3) is 0.733. The topological polar surface area (TPSA) is 82.3 Å². The zero-order valence-corrected chi connectivity index (χ0v) is 12.1. The average Bonchev–Trinajstić information content (AvgIpc) is 2.48. The van der Waals surface area contributed by atoms with Gasteiger partial charge in [-0.25, -0.2) is 0 Å². The Balaban J connectivity index is 2.64. The molecule has 20 heavy (non-hydrogen) atoms. The molecule has 112 valence electrons. The highest BCUT2D eigenvalue weighted by molar-refractivity contribution is 5.97. The third kappa shape index (κ3) is 5.22. The van der Waals surface area contributed by atoms with Gasteiger partial charge in [-0.2, -0.15) is 5.26 Å². The van der Waals surface area contributed by atoms with E-state index >= 15 is 0 Å². The number of ether oxygens (including phenoxy) is 1. The van der Waals surface area contributed by atoms with E-state index in [0.717, 1.165) is 12.8 Å². The number of carbonyl (C=O) groups excluding carboxylic acids is 1. The zero-order valence-electron chi connectivity index (χ0n) is 12.1. The number of nitrogens with zero attached hydrogens (tertiary/aromatic N) is 1. The molecule has 5 nitrogen and oxygen atoms in total. The van der Waals surface area contributed by atoms with Crippen LogP contribution in [-0.4, -0.2) is 30.3 Å². The predicted molar refractivity (Wildman–Crippen MR) is 75.5 cm³/mol. The van der Waals surface area contributed by atoms with Crippen LogP contribution in [0.3, 0.4) is 0 Å². The number of nitrogens with one attached hydrogen (secondary N) is 1. The Bertz CT molecular complexity index is 368. The van der Waals surface area contributed by atoms with E-state index < -0.39 is 5.91 Å². The number of aliphatic hydroxyl groups is 1. The van der Waals surface area contributed by atoms with Crippen LogP contribution in [0.2, 0.25) is 0 Å². The maximum atomic E-state index is 12.0. The predicted octanol–water partition coefficient (Wildman–Crippen LogP) is 1.88. The quantitative estimate of drug-likeness (QED) is 0.424. The van der Waals surface area contributed by atoms with Crippen molar-refractivity contribution in [3.8, 4) is 6.07 Å². The molecule has 0 aliphatic heterocycles. The molecule has 0 bridgehead atoms. The molecule has 1 fully saturated rings. The number of hydrogen-bond acceptors (Lipinski definition) is 4. The summed E-state index contributed by atoms with van der Waals surface area (Å²) in [6.45, 7) is 2.25. The molecule has 1 aliphatic carbocycles. The first-order valence-electron chi connectivity index (χ1n) is 7.36. The van der Waals surface area contributed by atoms with E-state index in [1.165, 1.54) is 25.5 Å². The van der Waals surface area contributed by atoms with Gasteiger partial charge in [0.15, 0.2) is 5.57 Å². The standard InChI is InChI=1S/C15H24N2O3/c1-2-20-11-13(10-16)15(19)17-14(8-9-18)12-6-4-3-5-7-12/h11-12,14,18H,2-9H2,1H3,(H,17,19)/b13-11-. The summed E-state index contributed by atoms with van der Waals surface area (Å²) in [6, 6.07) is 1.78. The number of amides is 1. The second-order valence-corrected chi connectivity index (χ2v) is 5.09. The van der Waals surface area contributed by atoms with E-state index in [1.807, 2.05) is 6.07 Å². The Morgan fingerprint density at radius 3 is 2.75 bits per heavy atom. The first-order chi connectivity index (χ1) is 9.72. The van der Waals surface area contributed by atoms with Gasteiger partial charge < -0.3 is 15.2 Å². The summed E-state index contributed by atoms with van der Waals surface area (Å²) < 4.78 is 5.00. The summed E-state index contributed by atoms with van der Waals surface area (Å²) in [4.78, 5) is 12.0. The molecule has 1 rings (SSSR count). The van der Waals surface area contributed by atoms with Crippen molar-refractivity contribution in [2.24, 2.45) is 5.92 Å². The van der Waals surface area contributed by atoms with E-state index in [2.05, 4.69) is 5.32 Å². The van der Waals surface area contributed by atoms with Gasteiger partial charge >= 0.3 is 0 Å². The van der Waals surface area contributed by atoms with Gasteiger partial charge in [-0.1, -0.05) is 19.3 Å². The molecule has 0 heterocycles. The van der Waals surface area contributed by atoms with Crippen LogP contribution in [0, 0.1) is 17.2 Å². The average molecular weight is 280 g/mol. The minimum atomic E-state index is -0.412. The van der Waals surface area contributed by atoms with Gasteiger partial charge in [0.2, 0.25) is 0 Å². The van der Waals surface area contributed by atoms with Crippen molar-refractivity contribution in [2.75, 3.05) is 13.2 Å². The lowest BCUT2D eigenvalue weighted by Gasteiger charge is -2.30. The second kappa shape index (κ2) is 9.38. The Hall–Kier alpha value is -1.54. The fourth-order valence-corrected chi connectivity index (χ4v) is 2.64. The maximum Gasteiger partial charge on any atom is 0.265 e. The third-order valence-corrected chi connectivity index (χ3v) is 3.71. The number of aliphatic hydroxyl groups excluding tert-OH is 1. The van der Waals surface area contributed by atoms with Crippen molar-refractivity contribution in [1.29, 1.82) is 5.26 Å². The van der Waals surface area contributed by atoms with E-state index in [0.29, 0.717) is 18.9 Å². The van der Waals surface area contributed by atoms with Crippen LogP contribution in [0.5, 0.6) is 0 Å². The molecule has 5 heteroatoms. The molecular weight excluding hydrogens is 256 g/mol. The van der Waals surface area contributed by atoms with E-state index in [1.54, 1.807) is 6.92 Å². The lowest BCUT2D eigenvalue weighted by molar-refractivity contribution is -0.118. The van der Waals surface area contributed by atoms with Gasteiger partial charge in [-0.15, -0.1) is 0 Å². The summed E-state index contributed by atoms with van der Waals surface area (Å²) in [5.74, 6) is -0.0168. The molecule has 0 aromatic rings. The summed E-state index contributed by atoms with van der Waals surface area (Å²) in [7, 11) is 0. The van der Waals surface area contributed by atoms with Crippen molar-refractivity contribution >= 4 is 5.91 Å². The highest BCUT2D eigenvalue weighted by atomic mass is 16.5. The number of carbonyl (C=O) groups is 1. The molecule has 1 unspecified atom stereocenters. The molecular formula is C15H24N2O3. The van der Waals surface area contributed by atoms with Gasteiger partial charge in [0, 0.05) is 12.6 Å². The van der Waals surface area contributed by atoms with E-state index in [4.69, 9.17) is 15.1 Å². The first-order valence-corrected chi connectivity index (χ1v) is 7.36. The van der Waals surface area contributed by atoms with Crippen LogP contribution in [0.1, 0.15) is 45.4 Å². The van der Waals surface area contributed by atoms with Gasteiger partial charge in [0.1, 0.15) is 12.3 Å². The lowest BCUT2D eigenvalue weighted by Crippen LogP contribution is -2.42. The summed E-state index contributed by atoms with van der Waals surface area (Å²) in [5.41, 5.74) is -0.0226. The van der Waals surface area contributed by atoms with Gasteiger partial charge in [-0.05, 0) is 32.1 Å². The Labute approximate surface area is 120 Å². The van der Waals surface area contributed by atoms with Crippen LogP contribution in [0.15, 0.2) is 11.8 Å². The Morgan fingerprint density at radius 1 is 1.50 bits per heavy atom. The molecule has 1 saturated carbocycles. The number of nitriles is 1. The molecule has 2 N–H and O–H groups in total. The molecule has 0 saturated heterocycles. The number of hydrogen-bond donors (Lipinski definition) is 2. The van der Waals surface area contributed by atoms with Crippen LogP contribution in [0.4, 0.5) is 0 Å². The molecule has 1 amide bonds. The highest BCUT2D eigenvalue weighted by Crippen LogP contribution is 2.27. The maximum absolute atomic E-state index is 12.0. The monoisotopic (exact) mass is 280 g/mol. The third-order valence-electron chi connectivity index (χ3n) is 3.71. The molecule has 0 spiro atoms. The Morgan fingerprint density at radius 2 is 2.20 bits per heavy atom. The molecule has 1 atom stereocenters. The summed E-state index contributed by atoms with van der Waals surface area (Å²) in [6.07, 6.45) is 7.45. The molecule has 0 aromatic carbocycles. The van der Waals surface area contributed by atoms with E-state index in [9.17, 15) is 4.79 Å². The number of rotatable bonds is 7. The van der Waals surface area contributed by atoms with Crippen molar-refractivity contribution in [3.63, 3.8) is 0 Å². The Kier molecular flexibility index (Phi) is 7.74. The fourth-order valence-electron chi connectivity index (χ4n) is 2.64. The largest absolute Gasteiger partial charge is 0.500 e. The lowest BCUT2D eigenvalue weighted by atomic mass is 9.82. The normalized spacial score (nSPS) is 18.1. The van der Waals surface area contributed by atoms with Crippen LogP contribution in [-0.2, 0) is 9.53 Å². The van der Waals surface area contributed by atoms with Crippen molar-refractivity contribution < 1.29 is 14.6 Å². The van der Waals surface area contributed by atoms with Gasteiger partial charge in [-0.3, -0.25) is 4.79 Å². The minimum absolute atomic E-state index is 0.0226. The first kappa shape index (κ1) is 16.5. The summed E-state index contributed by atoms with van der Waals surface area (Å²) in [5, 5.41) is 21.0. The van der Waals surface area contributed by atoms with Crippen molar-refractivity contribution in [1.82, 2.24) is 5.32 Å². The van der Waals surface area contributed by atoms with Gasteiger partial charge in [0.05, 0.1) is 6.61 Å². The smallest absolute Gasteiger partial charge is 0.265 e. The van der Waals surface area contributed by atoms with Crippen LogP contribution < -0.4 is 5.32 Å². The van der Waals surface area contributed by atoms with Crippen molar-refractivity contribution in [3.05, 3.63) is 11.8 Å². The SMILES string of the molecule is CCO/C=C(/C#N)C(=O)NC(CCO)C1CCCCC1. The van der Waals surface area contributed by atoms with Crippen molar-refractivity contribution in [2.45, 2.75) is 51.5 Å². The second-order valence-electron chi connectivity index (χ2n) is 5.09. The van der Waals surface area contributed by atoms with Gasteiger partial charge in [0.25, 0.3) is 5.91 Å². The zero-order chi connectivity index (χ0) is 14.8. The summed E-state index contributed by atoms with van der Waals surface area (Å²) >= 11 is 0. The van der Waals surface area contributed by atoms with Crippen LogP contribution in [0.25, 0.3) is 0 Å². The molecule has 0 aromatic heterocycles. The van der Waals surface area contributed by atoms with Crippen LogP contribution >= 0.6 is 0 Å². The molecule has 1 aliphatic rings. The minimum Gasteiger partial charge on any atom is -0.500 e.